The van der Waals surface area contributed by atoms with Crippen molar-refractivity contribution in [1.29, 1.82) is 0 Å². The summed E-state index contributed by atoms with van der Waals surface area (Å²) >= 11 is 0. The van der Waals surface area contributed by atoms with Crippen LogP contribution in [0.3, 0.4) is 0 Å². The lowest BCUT2D eigenvalue weighted by Crippen LogP contribution is -2.53. The highest BCUT2D eigenvalue weighted by molar-refractivity contribution is 5.13. The van der Waals surface area contributed by atoms with E-state index >= 15 is 0 Å². The van der Waals surface area contributed by atoms with E-state index < -0.39 is 0 Å². The second kappa shape index (κ2) is 8.12. The average Bonchev–Trinajstić information content (AvgIpc) is 3.28. The molecule has 3 aliphatic heterocycles. The van der Waals surface area contributed by atoms with Crippen LogP contribution in [0.25, 0.3) is 0 Å². The van der Waals surface area contributed by atoms with E-state index in [1.54, 1.807) is 0 Å². The molecule has 0 spiro atoms. The van der Waals surface area contributed by atoms with Gasteiger partial charge in [-0.15, -0.1) is 0 Å². The van der Waals surface area contributed by atoms with Crippen molar-refractivity contribution in [2.75, 3.05) is 59.5 Å². The first-order valence-electron chi connectivity index (χ1n) is 9.93. The summed E-state index contributed by atoms with van der Waals surface area (Å²) in [5.74, 6) is 0.725. The first-order valence-corrected chi connectivity index (χ1v) is 9.93. The van der Waals surface area contributed by atoms with Crippen LogP contribution in [0, 0.1) is 5.92 Å². The molecule has 3 saturated heterocycles. The number of piperazine rings is 1. The molecule has 3 aliphatic rings. The molecular weight excluding hydrogens is 312 g/mol. The van der Waals surface area contributed by atoms with Crippen LogP contribution in [-0.2, 0) is 11.2 Å². The first kappa shape index (κ1) is 17.4. The van der Waals surface area contributed by atoms with Gasteiger partial charge in [0.15, 0.2) is 0 Å². The van der Waals surface area contributed by atoms with Crippen LogP contribution in [0.15, 0.2) is 24.5 Å². The van der Waals surface area contributed by atoms with Gasteiger partial charge in [-0.05, 0) is 43.9 Å². The lowest BCUT2D eigenvalue weighted by Gasteiger charge is -2.40. The average molecular weight is 345 g/mol. The van der Waals surface area contributed by atoms with Crippen molar-refractivity contribution in [3.05, 3.63) is 30.1 Å². The minimum atomic E-state index is 0.619. The molecule has 5 heteroatoms. The SMILES string of the molecule is CN1CCN([C@@H]2CCN(CC3CCOC3)[C@H]2Cc2cccnc2)CC1. The third kappa shape index (κ3) is 4.22. The predicted octanol–water partition coefficient (Wildman–Crippen LogP) is 1.35. The molecule has 3 fully saturated rings. The Bertz CT molecular complexity index is 526. The van der Waals surface area contributed by atoms with Gasteiger partial charge in [0.1, 0.15) is 0 Å². The van der Waals surface area contributed by atoms with Crippen molar-refractivity contribution in [2.45, 2.75) is 31.3 Å². The third-order valence-corrected chi connectivity index (χ3v) is 6.32. The molecule has 5 nitrogen and oxygen atoms in total. The molecule has 138 valence electrons. The van der Waals surface area contributed by atoms with E-state index in [1.165, 1.54) is 57.7 Å². The largest absolute Gasteiger partial charge is 0.381 e. The standard InChI is InChI=1S/C20H32N4O/c1-22-8-10-23(11-9-22)19-4-7-24(15-18-5-12-25-16-18)20(19)13-17-3-2-6-21-14-17/h2-3,6,14,18-20H,4-5,7-13,15-16H2,1H3/t18?,19-,20+/m1/s1. The number of hydrogen-bond acceptors (Lipinski definition) is 5. The fraction of sp³-hybridized carbons (Fsp3) is 0.750. The smallest absolute Gasteiger partial charge is 0.0507 e. The highest BCUT2D eigenvalue weighted by atomic mass is 16.5. The molecule has 0 bridgehead atoms. The Morgan fingerprint density at radius 2 is 2.04 bits per heavy atom. The lowest BCUT2D eigenvalue weighted by atomic mass is 9.98. The second-order valence-electron chi connectivity index (χ2n) is 8.05. The zero-order chi connectivity index (χ0) is 17.1. The van der Waals surface area contributed by atoms with Gasteiger partial charge >= 0.3 is 0 Å². The minimum Gasteiger partial charge on any atom is -0.381 e. The van der Waals surface area contributed by atoms with Crippen molar-refractivity contribution < 1.29 is 4.74 Å². The van der Waals surface area contributed by atoms with Crippen LogP contribution in [-0.4, -0.2) is 91.3 Å². The zero-order valence-corrected chi connectivity index (χ0v) is 15.5. The molecule has 1 aromatic rings. The summed E-state index contributed by atoms with van der Waals surface area (Å²) in [7, 11) is 2.24. The summed E-state index contributed by atoms with van der Waals surface area (Å²) in [6, 6.07) is 5.62. The summed E-state index contributed by atoms with van der Waals surface area (Å²) in [4.78, 5) is 12.3. The monoisotopic (exact) mass is 344 g/mol. The van der Waals surface area contributed by atoms with E-state index in [2.05, 4.69) is 45.1 Å². The Labute approximate surface area is 152 Å². The molecule has 0 amide bonds. The van der Waals surface area contributed by atoms with Crippen molar-refractivity contribution in [3.63, 3.8) is 0 Å². The number of nitrogens with zero attached hydrogens (tertiary/aromatic N) is 4. The first-order chi connectivity index (χ1) is 12.3. The predicted molar refractivity (Wildman–Crippen MR) is 99.7 cm³/mol. The molecule has 3 atom stereocenters. The van der Waals surface area contributed by atoms with Gasteiger partial charge in [0.2, 0.25) is 0 Å². The molecular formula is C20H32N4O. The summed E-state index contributed by atoms with van der Waals surface area (Å²) in [5, 5.41) is 0. The Balaban J connectivity index is 1.46. The molecule has 25 heavy (non-hydrogen) atoms. The van der Waals surface area contributed by atoms with Crippen LogP contribution >= 0.6 is 0 Å². The Kier molecular flexibility index (Phi) is 5.66. The minimum absolute atomic E-state index is 0.619. The van der Waals surface area contributed by atoms with Gasteiger partial charge in [-0.2, -0.15) is 0 Å². The number of pyridine rings is 1. The Morgan fingerprint density at radius 3 is 2.76 bits per heavy atom. The maximum absolute atomic E-state index is 5.62. The summed E-state index contributed by atoms with van der Waals surface area (Å²) in [6.45, 7) is 9.17. The molecule has 1 aromatic heterocycles. The van der Waals surface area contributed by atoms with Gasteiger partial charge in [-0.1, -0.05) is 6.07 Å². The van der Waals surface area contributed by atoms with E-state index in [9.17, 15) is 0 Å². The number of likely N-dealkylation sites (N-methyl/N-ethyl adjacent to an activating group) is 1. The second-order valence-corrected chi connectivity index (χ2v) is 8.05. The van der Waals surface area contributed by atoms with E-state index in [0.29, 0.717) is 12.1 Å². The molecule has 0 aromatic carbocycles. The van der Waals surface area contributed by atoms with Crippen LogP contribution in [0.5, 0.6) is 0 Å². The molecule has 0 aliphatic carbocycles. The normalized spacial score (nSPS) is 32.4. The molecule has 0 radical (unpaired) electrons. The summed E-state index contributed by atoms with van der Waals surface area (Å²) < 4.78 is 5.62. The molecule has 0 saturated carbocycles. The quantitative estimate of drug-likeness (QED) is 0.805. The third-order valence-electron chi connectivity index (χ3n) is 6.32. The van der Waals surface area contributed by atoms with Gasteiger partial charge in [-0.3, -0.25) is 14.8 Å². The van der Waals surface area contributed by atoms with Gasteiger partial charge < -0.3 is 9.64 Å². The number of hydrogen-bond donors (Lipinski definition) is 0. The fourth-order valence-electron chi connectivity index (χ4n) is 4.79. The van der Waals surface area contributed by atoms with E-state index in [0.717, 1.165) is 25.6 Å². The molecule has 4 heterocycles. The van der Waals surface area contributed by atoms with Crippen LogP contribution in [0.4, 0.5) is 0 Å². The number of likely N-dealkylation sites (tertiary alicyclic amines) is 1. The van der Waals surface area contributed by atoms with Gasteiger partial charge in [0.25, 0.3) is 0 Å². The number of aromatic nitrogens is 1. The van der Waals surface area contributed by atoms with Crippen LogP contribution in [0.1, 0.15) is 18.4 Å². The van der Waals surface area contributed by atoms with Crippen molar-refractivity contribution in [1.82, 2.24) is 19.7 Å². The van der Waals surface area contributed by atoms with Crippen molar-refractivity contribution in [2.24, 2.45) is 5.92 Å². The maximum atomic E-state index is 5.62. The Morgan fingerprint density at radius 1 is 1.16 bits per heavy atom. The van der Waals surface area contributed by atoms with E-state index in [-0.39, 0.29) is 0 Å². The Hall–Kier alpha value is -1.01. The molecule has 0 N–H and O–H groups in total. The molecule has 4 rings (SSSR count). The van der Waals surface area contributed by atoms with Crippen molar-refractivity contribution >= 4 is 0 Å². The van der Waals surface area contributed by atoms with Crippen LogP contribution in [0.2, 0.25) is 0 Å². The molecule has 1 unspecified atom stereocenters. The van der Waals surface area contributed by atoms with Gasteiger partial charge in [-0.25, -0.2) is 0 Å². The number of ether oxygens (including phenoxy) is 1. The van der Waals surface area contributed by atoms with E-state index in [4.69, 9.17) is 4.74 Å². The highest BCUT2D eigenvalue weighted by Crippen LogP contribution is 2.29. The summed E-state index contributed by atoms with van der Waals surface area (Å²) in [6.07, 6.45) is 7.59. The maximum Gasteiger partial charge on any atom is 0.0507 e. The van der Waals surface area contributed by atoms with E-state index in [1.807, 2.05) is 6.20 Å². The summed E-state index contributed by atoms with van der Waals surface area (Å²) in [5.41, 5.74) is 1.38. The number of rotatable bonds is 5. The topological polar surface area (TPSA) is 31.8 Å². The van der Waals surface area contributed by atoms with Crippen LogP contribution < -0.4 is 0 Å². The van der Waals surface area contributed by atoms with Gasteiger partial charge in [0.05, 0.1) is 6.61 Å². The lowest BCUT2D eigenvalue weighted by molar-refractivity contribution is 0.0816. The van der Waals surface area contributed by atoms with Gasteiger partial charge in [0, 0.05) is 70.4 Å². The zero-order valence-electron chi connectivity index (χ0n) is 15.5. The fourth-order valence-corrected chi connectivity index (χ4v) is 4.79. The van der Waals surface area contributed by atoms with Crippen molar-refractivity contribution in [3.8, 4) is 0 Å². The highest BCUT2D eigenvalue weighted by Gasteiger charge is 2.39.